The van der Waals surface area contributed by atoms with Crippen molar-refractivity contribution >= 4 is 33.6 Å². The topological polar surface area (TPSA) is 55.1 Å². The molecule has 0 aliphatic rings. The van der Waals surface area contributed by atoms with E-state index in [-0.39, 0.29) is 0 Å². The van der Waals surface area contributed by atoms with E-state index in [1.54, 1.807) is 5.51 Å². The van der Waals surface area contributed by atoms with Crippen LogP contribution in [0.2, 0.25) is 0 Å². The first-order valence-corrected chi connectivity index (χ1v) is 8.86. The van der Waals surface area contributed by atoms with E-state index >= 15 is 0 Å². The van der Waals surface area contributed by atoms with Crippen LogP contribution in [0.25, 0.3) is 10.9 Å². The predicted octanol–water partition coefficient (Wildman–Crippen LogP) is 4.30. The van der Waals surface area contributed by atoms with Gasteiger partial charge in [0.2, 0.25) is 5.13 Å². The van der Waals surface area contributed by atoms with Gasteiger partial charge >= 0.3 is 0 Å². The van der Waals surface area contributed by atoms with Crippen LogP contribution in [0, 0.1) is 6.92 Å². The molecule has 6 heteroatoms. The number of fused-ring (bicyclic) bond motifs is 1. The summed E-state index contributed by atoms with van der Waals surface area (Å²) in [7, 11) is 0. The molecule has 5 nitrogen and oxygen atoms in total. The molecule has 0 bridgehead atoms. The number of hydrazone groups is 1. The zero-order valence-electron chi connectivity index (χ0n) is 13.8. The largest absolute Gasteiger partial charge is 0.342 e. The van der Waals surface area contributed by atoms with Crippen LogP contribution in [-0.2, 0) is 6.54 Å². The molecule has 0 radical (unpaired) electrons. The van der Waals surface area contributed by atoms with E-state index in [0.29, 0.717) is 5.13 Å². The number of anilines is 1. The van der Waals surface area contributed by atoms with Gasteiger partial charge in [-0.1, -0.05) is 59.4 Å². The van der Waals surface area contributed by atoms with E-state index in [1.807, 2.05) is 12.3 Å². The van der Waals surface area contributed by atoms with Gasteiger partial charge in [0.1, 0.15) is 5.51 Å². The third-order valence-corrected chi connectivity index (χ3v) is 4.61. The zero-order chi connectivity index (χ0) is 17.1. The normalized spacial score (nSPS) is 11.4. The first kappa shape index (κ1) is 15.5. The number of rotatable bonds is 5. The lowest BCUT2D eigenvalue weighted by molar-refractivity contribution is 0.836. The summed E-state index contributed by atoms with van der Waals surface area (Å²) in [6.45, 7) is 2.94. The number of benzene rings is 2. The van der Waals surface area contributed by atoms with Gasteiger partial charge in [0.15, 0.2) is 0 Å². The molecule has 4 rings (SSSR count). The lowest BCUT2D eigenvalue weighted by Gasteiger charge is -2.06. The van der Waals surface area contributed by atoms with Crippen molar-refractivity contribution < 1.29 is 0 Å². The Morgan fingerprint density at radius 3 is 2.80 bits per heavy atom. The minimum absolute atomic E-state index is 0.680. The highest BCUT2D eigenvalue weighted by Crippen LogP contribution is 2.21. The summed E-state index contributed by atoms with van der Waals surface area (Å²) in [5, 5.41) is 13.8. The summed E-state index contributed by atoms with van der Waals surface area (Å²) in [5.41, 5.74) is 9.40. The summed E-state index contributed by atoms with van der Waals surface area (Å²) < 4.78 is 2.26. The van der Waals surface area contributed by atoms with Crippen LogP contribution in [0.15, 0.2) is 65.3 Å². The maximum atomic E-state index is 4.29. The van der Waals surface area contributed by atoms with Crippen LogP contribution < -0.4 is 5.43 Å². The monoisotopic (exact) mass is 347 g/mol. The van der Waals surface area contributed by atoms with E-state index in [2.05, 4.69) is 80.9 Å². The highest BCUT2D eigenvalue weighted by Gasteiger charge is 2.07. The average Bonchev–Trinajstić information content (AvgIpc) is 3.26. The van der Waals surface area contributed by atoms with E-state index < -0.39 is 0 Å². The fourth-order valence-electron chi connectivity index (χ4n) is 2.78. The Balaban J connectivity index is 1.63. The molecule has 0 fully saturated rings. The number of nitrogens with zero attached hydrogens (tertiary/aromatic N) is 4. The van der Waals surface area contributed by atoms with Crippen molar-refractivity contribution in [2.45, 2.75) is 13.5 Å². The summed E-state index contributed by atoms with van der Waals surface area (Å²) in [6, 6.07) is 17.0. The molecular formula is C19H17N5S. The number of nitrogens with one attached hydrogen (secondary N) is 1. The van der Waals surface area contributed by atoms with Gasteiger partial charge in [-0.25, -0.2) is 0 Å². The smallest absolute Gasteiger partial charge is 0.225 e. The molecule has 0 spiro atoms. The molecule has 0 amide bonds. The minimum atomic E-state index is 0.680. The van der Waals surface area contributed by atoms with E-state index in [0.717, 1.165) is 12.1 Å². The summed E-state index contributed by atoms with van der Waals surface area (Å²) in [6.07, 6.45) is 3.96. The number of hydrogen-bond acceptors (Lipinski definition) is 5. The molecule has 4 aromatic rings. The molecule has 2 heterocycles. The van der Waals surface area contributed by atoms with E-state index in [4.69, 9.17) is 0 Å². The quantitative estimate of drug-likeness (QED) is 0.433. The van der Waals surface area contributed by atoms with Crippen molar-refractivity contribution in [3.05, 3.63) is 76.9 Å². The number of aryl methyl sites for hydroxylation is 1. The summed E-state index contributed by atoms with van der Waals surface area (Å²) >= 11 is 1.42. The molecule has 25 heavy (non-hydrogen) atoms. The number of para-hydroxylation sites is 1. The standard InChI is InChI=1S/C19H17N5S/c1-14-6-8-15(9-7-14)11-24-12-16(17-4-2-3-5-18(17)24)10-20-22-19-23-21-13-25-19/h2-10,12-13H,11H2,1H3,(H,22,23)/b20-10+. The van der Waals surface area contributed by atoms with Gasteiger partial charge < -0.3 is 4.57 Å². The Hall–Kier alpha value is -2.99. The Bertz CT molecular complexity index is 1000. The zero-order valence-corrected chi connectivity index (χ0v) is 14.6. The summed E-state index contributed by atoms with van der Waals surface area (Å²) in [5.74, 6) is 0. The molecule has 0 atom stereocenters. The minimum Gasteiger partial charge on any atom is -0.342 e. The fourth-order valence-corrected chi connectivity index (χ4v) is 3.17. The van der Waals surface area contributed by atoms with Crippen LogP contribution in [-0.4, -0.2) is 21.0 Å². The van der Waals surface area contributed by atoms with Crippen LogP contribution in [0.3, 0.4) is 0 Å². The molecule has 0 saturated carbocycles. The van der Waals surface area contributed by atoms with Crippen molar-refractivity contribution in [3.8, 4) is 0 Å². The maximum Gasteiger partial charge on any atom is 0.225 e. The van der Waals surface area contributed by atoms with Crippen molar-refractivity contribution in [3.63, 3.8) is 0 Å². The van der Waals surface area contributed by atoms with Crippen molar-refractivity contribution in [2.75, 3.05) is 5.43 Å². The Morgan fingerprint density at radius 1 is 1.16 bits per heavy atom. The summed E-state index contributed by atoms with van der Waals surface area (Å²) in [4.78, 5) is 0. The molecule has 0 unspecified atom stereocenters. The number of aromatic nitrogens is 3. The predicted molar refractivity (Wildman–Crippen MR) is 103 cm³/mol. The van der Waals surface area contributed by atoms with Gasteiger partial charge in [-0.3, -0.25) is 5.43 Å². The molecule has 124 valence electrons. The van der Waals surface area contributed by atoms with Crippen LogP contribution in [0.1, 0.15) is 16.7 Å². The SMILES string of the molecule is Cc1ccc(Cn2cc(/C=N/Nc3nncs3)c3ccccc32)cc1. The van der Waals surface area contributed by atoms with Gasteiger partial charge in [0, 0.05) is 29.2 Å². The lowest BCUT2D eigenvalue weighted by Crippen LogP contribution is -1.97. The first-order valence-electron chi connectivity index (χ1n) is 7.98. The Kier molecular flexibility index (Phi) is 4.26. The lowest BCUT2D eigenvalue weighted by atomic mass is 10.1. The number of hydrogen-bond donors (Lipinski definition) is 1. The van der Waals surface area contributed by atoms with Gasteiger partial charge in [-0.05, 0) is 18.6 Å². The maximum absolute atomic E-state index is 4.29. The fraction of sp³-hybridized carbons (Fsp3) is 0.105. The van der Waals surface area contributed by atoms with Crippen molar-refractivity contribution in [1.82, 2.24) is 14.8 Å². The third-order valence-electron chi connectivity index (χ3n) is 4.02. The van der Waals surface area contributed by atoms with Gasteiger partial charge in [-0.15, -0.1) is 10.2 Å². The molecule has 1 N–H and O–H groups in total. The van der Waals surface area contributed by atoms with Crippen molar-refractivity contribution in [2.24, 2.45) is 5.10 Å². The second-order valence-electron chi connectivity index (χ2n) is 5.83. The average molecular weight is 347 g/mol. The highest BCUT2D eigenvalue weighted by atomic mass is 32.1. The molecule has 0 aliphatic heterocycles. The van der Waals surface area contributed by atoms with Crippen LogP contribution >= 0.6 is 11.3 Å². The molecular weight excluding hydrogens is 330 g/mol. The third kappa shape index (κ3) is 3.44. The Morgan fingerprint density at radius 2 is 2.00 bits per heavy atom. The van der Waals surface area contributed by atoms with Gasteiger partial charge in [0.25, 0.3) is 0 Å². The molecule has 2 aromatic carbocycles. The molecule has 2 aromatic heterocycles. The first-order chi connectivity index (χ1) is 12.3. The highest BCUT2D eigenvalue weighted by molar-refractivity contribution is 7.13. The van der Waals surface area contributed by atoms with Crippen molar-refractivity contribution in [1.29, 1.82) is 0 Å². The second-order valence-corrected chi connectivity index (χ2v) is 6.66. The van der Waals surface area contributed by atoms with Gasteiger partial charge in [0.05, 0.1) is 6.21 Å². The molecule has 0 aliphatic carbocycles. The Labute approximate surface area is 149 Å². The van der Waals surface area contributed by atoms with Crippen LogP contribution in [0.5, 0.6) is 0 Å². The van der Waals surface area contributed by atoms with Gasteiger partial charge in [-0.2, -0.15) is 5.10 Å². The molecule has 0 saturated heterocycles. The van der Waals surface area contributed by atoms with Crippen LogP contribution in [0.4, 0.5) is 5.13 Å². The van der Waals surface area contributed by atoms with E-state index in [9.17, 15) is 0 Å². The van der Waals surface area contributed by atoms with E-state index in [1.165, 1.54) is 33.4 Å². The second kappa shape index (κ2) is 6.86.